The van der Waals surface area contributed by atoms with E-state index in [9.17, 15) is 4.79 Å². The van der Waals surface area contributed by atoms with E-state index in [0.29, 0.717) is 6.54 Å². The minimum Gasteiger partial charge on any atom is -0.465 e. The Hall–Kier alpha value is -1.80. The molecule has 0 amide bonds. The summed E-state index contributed by atoms with van der Waals surface area (Å²) in [5.41, 5.74) is 1.23. The molecule has 0 radical (unpaired) electrons. The summed E-state index contributed by atoms with van der Waals surface area (Å²) >= 11 is 1.69. The molecular formula is C15H18N2O2S. The molecule has 0 N–H and O–H groups in total. The molecule has 0 aromatic heterocycles. The van der Waals surface area contributed by atoms with E-state index >= 15 is 0 Å². The van der Waals surface area contributed by atoms with E-state index in [-0.39, 0.29) is 6.61 Å². The van der Waals surface area contributed by atoms with Crippen LogP contribution in [0.3, 0.4) is 0 Å². The molecule has 0 aliphatic heterocycles. The normalized spacial score (nSPS) is 12.1. The lowest BCUT2D eigenvalue weighted by molar-refractivity contribution is -0.143. The van der Waals surface area contributed by atoms with Crippen molar-refractivity contribution in [3.05, 3.63) is 29.8 Å². The van der Waals surface area contributed by atoms with Crippen LogP contribution in [0.2, 0.25) is 0 Å². The topological polar surface area (TPSA) is 62.5 Å². The molecule has 0 saturated carbocycles. The lowest BCUT2D eigenvalue weighted by Crippen LogP contribution is -2.17. The number of nitrogens with zero attached hydrogens (tertiary/aromatic N) is 2. The summed E-state index contributed by atoms with van der Waals surface area (Å²) in [5, 5.41) is 8.84. The van der Waals surface area contributed by atoms with E-state index in [4.69, 9.17) is 10.00 Å². The predicted octanol–water partition coefficient (Wildman–Crippen LogP) is 2.86. The number of aliphatic imine (C=N–C) groups is 1. The maximum absolute atomic E-state index is 11.4. The van der Waals surface area contributed by atoms with Gasteiger partial charge in [-0.3, -0.25) is 9.79 Å². The van der Waals surface area contributed by atoms with Gasteiger partial charge in [0.15, 0.2) is 5.92 Å². The number of nitriles is 1. The van der Waals surface area contributed by atoms with Crippen molar-refractivity contribution in [1.29, 1.82) is 5.26 Å². The number of hydrogen-bond donors (Lipinski definition) is 0. The van der Waals surface area contributed by atoms with E-state index in [1.54, 1.807) is 18.7 Å². The second-order valence-corrected chi connectivity index (χ2v) is 5.24. The summed E-state index contributed by atoms with van der Waals surface area (Å²) in [6, 6.07) is 10.1. The van der Waals surface area contributed by atoms with E-state index in [2.05, 4.69) is 36.2 Å². The molecule has 0 bridgehead atoms. The average molecular weight is 290 g/mol. The number of carbonyl (C=O) groups is 1. The second-order valence-electron chi connectivity index (χ2n) is 4.08. The molecule has 1 atom stereocenters. The van der Waals surface area contributed by atoms with Crippen molar-refractivity contribution in [1.82, 2.24) is 0 Å². The van der Waals surface area contributed by atoms with Crippen LogP contribution in [-0.2, 0) is 9.53 Å². The third kappa shape index (κ3) is 5.89. The largest absolute Gasteiger partial charge is 0.465 e. The molecule has 20 heavy (non-hydrogen) atoms. The van der Waals surface area contributed by atoms with Crippen molar-refractivity contribution in [3.8, 4) is 6.07 Å². The van der Waals surface area contributed by atoms with Gasteiger partial charge in [-0.1, -0.05) is 17.7 Å². The fraction of sp³-hybridized carbons (Fsp3) is 0.400. The minimum atomic E-state index is -0.903. The summed E-state index contributed by atoms with van der Waals surface area (Å²) in [5.74, 6) is -0.634. The zero-order valence-corrected chi connectivity index (χ0v) is 12.5. The number of rotatable bonds is 7. The van der Waals surface area contributed by atoms with Crippen LogP contribution >= 0.6 is 11.8 Å². The molecule has 1 rings (SSSR count). The van der Waals surface area contributed by atoms with Crippen molar-refractivity contribution < 1.29 is 9.53 Å². The zero-order valence-electron chi connectivity index (χ0n) is 11.7. The Morgan fingerprint density at radius 1 is 1.50 bits per heavy atom. The monoisotopic (exact) mass is 290 g/mol. The quantitative estimate of drug-likeness (QED) is 0.335. The highest BCUT2D eigenvalue weighted by molar-refractivity contribution is 7.99. The van der Waals surface area contributed by atoms with Crippen LogP contribution in [0.15, 0.2) is 34.2 Å². The summed E-state index contributed by atoms with van der Waals surface area (Å²) < 4.78 is 4.77. The molecule has 0 unspecified atom stereocenters. The van der Waals surface area contributed by atoms with Crippen molar-refractivity contribution in [3.63, 3.8) is 0 Å². The predicted molar refractivity (Wildman–Crippen MR) is 81.0 cm³/mol. The fourth-order valence-electron chi connectivity index (χ4n) is 1.41. The highest BCUT2D eigenvalue weighted by Crippen LogP contribution is 2.17. The Morgan fingerprint density at radius 3 is 2.80 bits per heavy atom. The highest BCUT2D eigenvalue weighted by Gasteiger charge is 2.15. The van der Waals surface area contributed by atoms with E-state index in [0.717, 1.165) is 5.75 Å². The molecular weight excluding hydrogens is 272 g/mol. The van der Waals surface area contributed by atoms with Crippen molar-refractivity contribution in [2.45, 2.75) is 18.7 Å². The Morgan fingerprint density at radius 2 is 2.20 bits per heavy atom. The Kier molecular flexibility index (Phi) is 7.44. The molecule has 0 fully saturated rings. The number of carbonyl (C=O) groups excluding carboxylic acids is 1. The number of ether oxygens (including phenoxy) is 1. The molecule has 1 aromatic carbocycles. The first kappa shape index (κ1) is 16.3. The number of thioether (sulfide) groups is 1. The summed E-state index contributed by atoms with van der Waals surface area (Å²) in [4.78, 5) is 16.6. The van der Waals surface area contributed by atoms with E-state index in [1.807, 2.05) is 6.07 Å². The lowest BCUT2D eigenvalue weighted by atomic mass is 10.2. The maximum Gasteiger partial charge on any atom is 0.328 e. The number of aryl methyl sites for hydroxylation is 1. The van der Waals surface area contributed by atoms with Crippen molar-refractivity contribution in [2.24, 2.45) is 10.9 Å². The van der Waals surface area contributed by atoms with Gasteiger partial charge in [0.05, 0.1) is 12.7 Å². The van der Waals surface area contributed by atoms with Crippen LogP contribution in [-0.4, -0.2) is 31.1 Å². The molecule has 0 saturated heterocycles. The highest BCUT2D eigenvalue weighted by atomic mass is 32.2. The second kappa shape index (κ2) is 9.16. The molecule has 0 aliphatic carbocycles. The molecule has 4 nitrogen and oxygen atoms in total. The first-order valence-corrected chi connectivity index (χ1v) is 7.41. The van der Waals surface area contributed by atoms with Crippen molar-refractivity contribution >= 4 is 23.9 Å². The molecule has 1 aromatic rings. The van der Waals surface area contributed by atoms with E-state index in [1.165, 1.54) is 16.7 Å². The van der Waals surface area contributed by atoms with Gasteiger partial charge in [-0.15, -0.1) is 11.8 Å². The number of esters is 1. The van der Waals surface area contributed by atoms with Crippen LogP contribution in [0, 0.1) is 24.2 Å². The molecule has 0 spiro atoms. The average Bonchev–Trinajstić information content (AvgIpc) is 2.45. The summed E-state index contributed by atoms with van der Waals surface area (Å²) in [6.45, 7) is 4.60. The zero-order chi connectivity index (χ0) is 14.8. The lowest BCUT2D eigenvalue weighted by Gasteiger charge is -2.03. The standard InChI is InChI=1S/C15H18N2O2S/c1-3-19-15(18)13(10-16)11-17-8-9-20-14-6-4-12(2)5-7-14/h4-7,11,13H,3,8-9H2,1-2H3/t13-/m1/s1. The number of benzene rings is 1. The van der Waals surface area contributed by atoms with Gasteiger partial charge in [0.2, 0.25) is 0 Å². The molecule has 106 valence electrons. The van der Waals surface area contributed by atoms with Crippen LogP contribution < -0.4 is 0 Å². The molecule has 0 aliphatic rings. The first-order chi connectivity index (χ1) is 9.67. The SMILES string of the molecule is CCOC(=O)[C@H](C#N)C=NCCSc1ccc(C)cc1. The smallest absolute Gasteiger partial charge is 0.328 e. The first-order valence-electron chi connectivity index (χ1n) is 6.43. The third-order valence-corrected chi connectivity index (χ3v) is 3.44. The summed E-state index contributed by atoms with van der Waals surface area (Å²) in [6.07, 6.45) is 1.37. The van der Waals surface area contributed by atoms with E-state index < -0.39 is 11.9 Å². The Bertz CT molecular complexity index is 492. The van der Waals surface area contributed by atoms with Crippen LogP contribution in [0.1, 0.15) is 12.5 Å². The maximum atomic E-state index is 11.4. The van der Waals surface area contributed by atoms with Gasteiger partial charge in [0, 0.05) is 23.4 Å². The van der Waals surface area contributed by atoms with Crippen LogP contribution in [0.4, 0.5) is 0 Å². The number of hydrogen-bond acceptors (Lipinski definition) is 5. The fourth-order valence-corrected chi connectivity index (χ4v) is 2.17. The van der Waals surface area contributed by atoms with Gasteiger partial charge in [-0.2, -0.15) is 5.26 Å². The third-order valence-electron chi connectivity index (χ3n) is 2.44. The minimum absolute atomic E-state index is 0.272. The van der Waals surface area contributed by atoms with Crippen molar-refractivity contribution in [2.75, 3.05) is 18.9 Å². The Labute approximate surface area is 123 Å². The van der Waals surface area contributed by atoms with Crippen LogP contribution in [0.25, 0.3) is 0 Å². The molecule has 0 heterocycles. The Balaban J connectivity index is 2.32. The van der Waals surface area contributed by atoms with Gasteiger partial charge in [0.1, 0.15) is 0 Å². The van der Waals surface area contributed by atoms with Gasteiger partial charge in [-0.05, 0) is 26.0 Å². The van der Waals surface area contributed by atoms with Gasteiger partial charge in [0.25, 0.3) is 0 Å². The summed E-state index contributed by atoms with van der Waals surface area (Å²) in [7, 11) is 0. The van der Waals surface area contributed by atoms with Crippen LogP contribution in [0.5, 0.6) is 0 Å². The van der Waals surface area contributed by atoms with Gasteiger partial charge in [-0.25, -0.2) is 0 Å². The van der Waals surface area contributed by atoms with Gasteiger partial charge >= 0.3 is 5.97 Å². The van der Waals surface area contributed by atoms with Gasteiger partial charge < -0.3 is 4.74 Å². The molecule has 5 heteroatoms.